The molecule has 0 nitrogen and oxygen atoms in total. The van der Waals surface area contributed by atoms with Crippen LogP contribution in [0.3, 0.4) is 0 Å². The first kappa shape index (κ1) is 8.09. The fraction of sp³-hybridized carbons (Fsp3) is 0.571. The van der Waals surface area contributed by atoms with E-state index in [-0.39, 0.29) is 0 Å². The van der Waals surface area contributed by atoms with Crippen molar-refractivity contribution < 1.29 is 0 Å². The Labute approximate surface area is 56.4 Å². The quantitative estimate of drug-likeness (QED) is 0.415. The molecule has 0 unspecified atom stereocenters. The van der Waals surface area contributed by atoms with E-state index in [9.17, 15) is 0 Å². The molecular formula is C7H13S. The molecule has 0 rings (SSSR count). The third-order valence-corrected chi connectivity index (χ3v) is 1.91. The minimum atomic E-state index is 1.03. The molecule has 0 N–H and O–H groups in total. The van der Waals surface area contributed by atoms with Crippen LogP contribution in [-0.2, 0) is 0 Å². The summed E-state index contributed by atoms with van der Waals surface area (Å²) in [4.78, 5) is 0. The van der Waals surface area contributed by atoms with Crippen LogP contribution in [0.2, 0.25) is 0 Å². The first-order valence-electron chi connectivity index (χ1n) is 2.78. The third kappa shape index (κ3) is 6.09. The van der Waals surface area contributed by atoms with Crippen LogP contribution >= 0.6 is 11.8 Å². The average Bonchev–Trinajstić information content (AvgIpc) is 1.66. The summed E-state index contributed by atoms with van der Waals surface area (Å²) < 4.78 is 0. The van der Waals surface area contributed by atoms with Crippen LogP contribution in [-0.4, -0.2) is 11.5 Å². The molecule has 0 aromatic carbocycles. The van der Waals surface area contributed by atoms with Gasteiger partial charge in [-0.05, 0) is 19.1 Å². The highest BCUT2D eigenvalue weighted by molar-refractivity contribution is 7.99. The molecule has 0 aliphatic rings. The second-order valence-electron chi connectivity index (χ2n) is 1.86. The molecule has 1 heteroatoms. The number of hydrogen-bond acceptors (Lipinski definition) is 1. The van der Waals surface area contributed by atoms with Crippen LogP contribution in [0.25, 0.3) is 0 Å². The Morgan fingerprint density at radius 3 is 2.62 bits per heavy atom. The van der Waals surface area contributed by atoms with E-state index < -0.39 is 0 Å². The molecule has 0 aromatic rings. The van der Waals surface area contributed by atoms with Crippen molar-refractivity contribution in [1.29, 1.82) is 0 Å². The number of rotatable bonds is 4. The topological polar surface area (TPSA) is 0 Å². The van der Waals surface area contributed by atoms with Crippen molar-refractivity contribution in [3.8, 4) is 0 Å². The monoisotopic (exact) mass is 129 g/mol. The lowest BCUT2D eigenvalue weighted by Gasteiger charge is -1.95. The van der Waals surface area contributed by atoms with Crippen LogP contribution < -0.4 is 0 Å². The zero-order valence-corrected chi connectivity index (χ0v) is 6.26. The van der Waals surface area contributed by atoms with Crippen LogP contribution in [0.4, 0.5) is 0 Å². The molecule has 0 saturated carbocycles. The lowest BCUT2D eigenvalue weighted by atomic mass is 10.4. The summed E-state index contributed by atoms with van der Waals surface area (Å²) in [6, 6.07) is 0. The molecular weight excluding hydrogens is 116 g/mol. The van der Waals surface area contributed by atoms with E-state index in [0.717, 1.165) is 17.9 Å². The maximum Gasteiger partial charge on any atom is 0.0137 e. The Kier molecular flexibility index (Phi) is 5.29. The first-order chi connectivity index (χ1) is 3.77. The summed E-state index contributed by atoms with van der Waals surface area (Å²) in [5.74, 6) is 2.25. The second kappa shape index (κ2) is 5.23. The SMILES string of the molecule is [CH2]CCSCC(=C)C. The Morgan fingerprint density at radius 2 is 2.25 bits per heavy atom. The predicted molar refractivity (Wildman–Crippen MR) is 42.1 cm³/mol. The van der Waals surface area contributed by atoms with Gasteiger partial charge in [-0.2, -0.15) is 11.8 Å². The zero-order chi connectivity index (χ0) is 6.41. The van der Waals surface area contributed by atoms with Crippen LogP contribution in [0.15, 0.2) is 12.2 Å². The van der Waals surface area contributed by atoms with Crippen molar-refractivity contribution in [1.82, 2.24) is 0 Å². The summed E-state index contributed by atoms with van der Waals surface area (Å²) in [6.07, 6.45) is 1.03. The van der Waals surface area contributed by atoms with Gasteiger partial charge in [-0.3, -0.25) is 0 Å². The normalized spacial score (nSPS) is 9.25. The summed E-state index contributed by atoms with van der Waals surface area (Å²) in [7, 11) is 0. The molecule has 0 atom stereocenters. The summed E-state index contributed by atoms with van der Waals surface area (Å²) in [5.41, 5.74) is 1.25. The van der Waals surface area contributed by atoms with E-state index in [0.29, 0.717) is 0 Å². The molecule has 8 heavy (non-hydrogen) atoms. The zero-order valence-electron chi connectivity index (χ0n) is 5.44. The average molecular weight is 129 g/mol. The van der Waals surface area contributed by atoms with Gasteiger partial charge < -0.3 is 0 Å². The van der Waals surface area contributed by atoms with Gasteiger partial charge in [-0.1, -0.05) is 19.1 Å². The van der Waals surface area contributed by atoms with E-state index >= 15 is 0 Å². The summed E-state index contributed by atoms with van der Waals surface area (Å²) >= 11 is 1.90. The Hall–Kier alpha value is 0.0900. The predicted octanol–water partition coefficient (Wildman–Crippen LogP) is 2.52. The molecule has 0 aliphatic heterocycles. The van der Waals surface area contributed by atoms with Gasteiger partial charge in [-0.15, -0.1) is 0 Å². The molecule has 0 saturated heterocycles. The number of thioether (sulfide) groups is 1. The molecule has 0 amide bonds. The molecule has 0 spiro atoms. The standard InChI is InChI=1S/C7H13S/c1-4-5-8-6-7(2)3/h1-2,4-6H2,3H3. The van der Waals surface area contributed by atoms with Gasteiger partial charge >= 0.3 is 0 Å². The lowest BCUT2D eigenvalue weighted by Crippen LogP contribution is -1.80. The molecule has 0 aromatic heterocycles. The highest BCUT2D eigenvalue weighted by Gasteiger charge is 1.84. The largest absolute Gasteiger partial charge is 0.158 e. The Balaban J connectivity index is 2.82. The summed E-state index contributed by atoms with van der Waals surface area (Å²) in [5, 5.41) is 0. The fourth-order valence-electron chi connectivity index (χ4n) is 0.348. The van der Waals surface area contributed by atoms with Crippen molar-refractivity contribution in [2.75, 3.05) is 11.5 Å². The van der Waals surface area contributed by atoms with Gasteiger partial charge in [0.05, 0.1) is 0 Å². The maximum atomic E-state index is 3.79. The van der Waals surface area contributed by atoms with Gasteiger partial charge in [-0.25, -0.2) is 0 Å². The highest BCUT2D eigenvalue weighted by atomic mass is 32.2. The smallest absolute Gasteiger partial charge is 0.0137 e. The molecule has 1 radical (unpaired) electrons. The molecule has 0 fully saturated rings. The van der Waals surface area contributed by atoms with Gasteiger partial charge in [0, 0.05) is 5.75 Å². The maximum absolute atomic E-state index is 3.79. The van der Waals surface area contributed by atoms with E-state index in [1.165, 1.54) is 5.57 Å². The van der Waals surface area contributed by atoms with E-state index in [2.05, 4.69) is 20.4 Å². The van der Waals surface area contributed by atoms with Crippen molar-refractivity contribution in [2.24, 2.45) is 0 Å². The van der Waals surface area contributed by atoms with Gasteiger partial charge in [0.2, 0.25) is 0 Å². The van der Waals surface area contributed by atoms with Crippen molar-refractivity contribution in [2.45, 2.75) is 13.3 Å². The fourth-order valence-corrected chi connectivity index (χ4v) is 1.05. The van der Waals surface area contributed by atoms with E-state index in [4.69, 9.17) is 0 Å². The first-order valence-corrected chi connectivity index (χ1v) is 3.94. The van der Waals surface area contributed by atoms with E-state index in [1.807, 2.05) is 11.8 Å². The molecule has 0 bridgehead atoms. The minimum Gasteiger partial charge on any atom is -0.158 e. The molecule has 47 valence electrons. The highest BCUT2D eigenvalue weighted by Crippen LogP contribution is 2.05. The van der Waals surface area contributed by atoms with E-state index in [1.54, 1.807) is 0 Å². The van der Waals surface area contributed by atoms with Gasteiger partial charge in [0.1, 0.15) is 0 Å². The van der Waals surface area contributed by atoms with Gasteiger partial charge in [0.15, 0.2) is 0 Å². The van der Waals surface area contributed by atoms with Crippen LogP contribution in [0.5, 0.6) is 0 Å². The van der Waals surface area contributed by atoms with Crippen molar-refractivity contribution in [3.05, 3.63) is 19.1 Å². The molecule has 0 heterocycles. The molecule has 0 aliphatic carbocycles. The van der Waals surface area contributed by atoms with Crippen molar-refractivity contribution >= 4 is 11.8 Å². The summed E-state index contributed by atoms with van der Waals surface area (Å²) in [6.45, 7) is 9.57. The Morgan fingerprint density at radius 1 is 1.62 bits per heavy atom. The Bertz CT molecular complexity index is 66.8. The number of hydrogen-bond donors (Lipinski definition) is 0. The van der Waals surface area contributed by atoms with Crippen molar-refractivity contribution in [3.63, 3.8) is 0 Å². The van der Waals surface area contributed by atoms with Crippen LogP contribution in [0.1, 0.15) is 13.3 Å². The lowest BCUT2D eigenvalue weighted by molar-refractivity contribution is 1.24. The minimum absolute atomic E-state index is 1.03. The van der Waals surface area contributed by atoms with Crippen LogP contribution in [0, 0.1) is 6.92 Å². The van der Waals surface area contributed by atoms with Gasteiger partial charge in [0.25, 0.3) is 0 Å². The second-order valence-corrected chi connectivity index (χ2v) is 2.97. The third-order valence-electron chi connectivity index (χ3n) is 0.637.